The zero-order chi connectivity index (χ0) is 19.1. The summed E-state index contributed by atoms with van der Waals surface area (Å²) in [4.78, 5) is 37.2. The molecule has 3 rings (SSSR count). The number of hydrogen-bond acceptors (Lipinski definition) is 5. The molecule has 27 heavy (non-hydrogen) atoms. The third kappa shape index (κ3) is 4.75. The molecule has 0 saturated heterocycles. The van der Waals surface area contributed by atoms with Crippen molar-refractivity contribution in [2.24, 2.45) is 0 Å². The van der Waals surface area contributed by atoms with Crippen molar-refractivity contribution in [1.29, 1.82) is 0 Å². The molecule has 0 atom stereocenters. The van der Waals surface area contributed by atoms with E-state index in [1.807, 2.05) is 49.4 Å². The van der Waals surface area contributed by atoms with Crippen molar-refractivity contribution in [3.63, 3.8) is 0 Å². The summed E-state index contributed by atoms with van der Waals surface area (Å²) >= 11 is 0. The van der Waals surface area contributed by atoms with Gasteiger partial charge in [-0.2, -0.15) is 5.10 Å². The molecule has 0 aliphatic carbocycles. The molecule has 1 aromatic carbocycles. The number of likely N-dealkylation sites (N-methyl/N-ethyl adjacent to an activating group) is 1. The molecule has 0 unspecified atom stereocenters. The molecule has 2 heterocycles. The van der Waals surface area contributed by atoms with Crippen molar-refractivity contribution < 1.29 is 4.79 Å². The second-order valence-electron chi connectivity index (χ2n) is 5.82. The molecule has 8 nitrogen and oxygen atoms in total. The van der Waals surface area contributed by atoms with Gasteiger partial charge in [-0.25, -0.2) is 14.6 Å². The van der Waals surface area contributed by atoms with Gasteiger partial charge in [0.15, 0.2) is 0 Å². The van der Waals surface area contributed by atoms with Gasteiger partial charge in [0.25, 0.3) is 11.5 Å². The van der Waals surface area contributed by atoms with Crippen LogP contribution < -0.4 is 5.56 Å². The number of aromatic amines is 1. The summed E-state index contributed by atoms with van der Waals surface area (Å²) in [6.07, 6.45) is 8.09. The van der Waals surface area contributed by atoms with E-state index >= 15 is 0 Å². The smallest absolute Gasteiger partial charge is 0.263 e. The molecule has 0 saturated carbocycles. The van der Waals surface area contributed by atoms with Crippen molar-refractivity contribution in [1.82, 2.24) is 29.6 Å². The van der Waals surface area contributed by atoms with Crippen molar-refractivity contribution >= 4 is 12.0 Å². The van der Waals surface area contributed by atoms with Crippen LogP contribution in [0.1, 0.15) is 28.7 Å². The Morgan fingerprint density at radius 1 is 1.30 bits per heavy atom. The zero-order valence-corrected chi connectivity index (χ0v) is 14.9. The van der Waals surface area contributed by atoms with Crippen molar-refractivity contribution in [3.05, 3.63) is 82.6 Å². The van der Waals surface area contributed by atoms with Crippen LogP contribution in [0.4, 0.5) is 0 Å². The van der Waals surface area contributed by atoms with Gasteiger partial charge in [0, 0.05) is 19.3 Å². The summed E-state index contributed by atoms with van der Waals surface area (Å²) in [5.74, 6) is 0.0605. The Bertz CT molecular complexity index is 963. The predicted molar refractivity (Wildman–Crippen MR) is 101 cm³/mol. The van der Waals surface area contributed by atoms with E-state index in [0.29, 0.717) is 18.9 Å². The molecule has 8 heteroatoms. The summed E-state index contributed by atoms with van der Waals surface area (Å²) in [6.45, 7) is 3.04. The van der Waals surface area contributed by atoms with Crippen LogP contribution in [0.15, 0.2) is 60.1 Å². The molecule has 0 fully saturated rings. The number of hydrogen-bond donors (Lipinski definition) is 1. The van der Waals surface area contributed by atoms with Crippen molar-refractivity contribution in [2.75, 3.05) is 13.1 Å². The van der Waals surface area contributed by atoms with E-state index in [-0.39, 0.29) is 18.0 Å². The maximum Gasteiger partial charge on any atom is 0.263 e. The molecule has 2 aromatic heterocycles. The van der Waals surface area contributed by atoms with Crippen LogP contribution in [0, 0.1) is 0 Å². The first kappa shape index (κ1) is 18.2. The number of aromatic nitrogens is 5. The number of benzene rings is 1. The lowest BCUT2D eigenvalue weighted by Crippen LogP contribution is -2.35. The van der Waals surface area contributed by atoms with Gasteiger partial charge in [0.05, 0.1) is 0 Å². The number of H-pyrrole nitrogens is 1. The summed E-state index contributed by atoms with van der Waals surface area (Å²) in [5, 5.41) is 3.96. The maximum atomic E-state index is 12.7. The van der Waals surface area contributed by atoms with Crippen LogP contribution in [-0.2, 0) is 6.54 Å². The molecule has 0 radical (unpaired) electrons. The molecule has 0 bridgehead atoms. The summed E-state index contributed by atoms with van der Waals surface area (Å²) in [6, 6.07) is 9.82. The van der Waals surface area contributed by atoms with Crippen LogP contribution in [0.2, 0.25) is 0 Å². The lowest BCUT2D eigenvalue weighted by molar-refractivity contribution is 0.0780. The zero-order valence-electron chi connectivity index (χ0n) is 14.9. The van der Waals surface area contributed by atoms with Gasteiger partial charge in [0.1, 0.15) is 30.6 Å². The van der Waals surface area contributed by atoms with Crippen LogP contribution >= 0.6 is 0 Å². The highest BCUT2D eigenvalue weighted by atomic mass is 16.2. The number of carbonyl (C=O) groups is 1. The lowest BCUT2D eigenvalue weighted by Gasteiger charge is -2.18. The topological polar surface area (TPSA) is 96.8 Å². The second-order valence-corrected chi connectivity index (χ2v) is 5.82. The minimum Gasteiger partial charge on any atom is -0.335 e. The second kappa shape index (κ2) is 8.70. The molecule has 1 N–H and O–H groups in total. The van der Waals surface area contributed by atoms with Gasteiger partial charge in [-0.15, -0.1) is 0 Å². The Labute approximate surface area is 156 Å². The van der Waals surface area contributed by atoms with Crippen molar-refractivity contribution in [3.8, 4) is 0 Å². The molecule has 1 amide bonds. The normalized spacial score (nSPS) is 11.0. The highest BCUT2D eigenvalue weighted by Gasteiger charge is 2.17. The van der Waals surface area contributed by atoms with E-state index in [1.165, 1.54) is 23.5 Å². The Hall–Kier alpha value is -3.55. The van der Waals surface area contributed by atoms with Gasteiger partial charge in [-0.3, -0.25) is 9.59 Å². The molecular formula is C19H20N6O2. The molecule has 0 aliphatic heterocycles. The molecular weight excluding hydrogens is 344 g/mol. The summed E-state index contributed by atoms with van der Waals surface area (Å²) in [7, 11) is 0. The van der Waals surface area contributed by atoms with Gasteiger partial charge in [-0.05, 0) is 12.5 Å². The average molecular weight is 364 g/mol. The highest BCUT2D eigenvalue weighted by Crippen LogP contribution is 2.04. The van der Waals surface area contributed by atoms with Crippen LogP contribution in [0.3, 0.4) is 0 Å². The lowest BCUT2D eigenvalue weighted by atomic mass is 10.2. The van der Waals surface area contributed by atoms with Gasteiger partial charge in [0.2, 0.25) is 0 Å². The Kier molecular flexibility index (Phi) is 5.88. The maximum absolute atomic E-state index is 12.7. The third-order valence-electron chi connectivity index (χ3n) is 3.97. The molecule has 138 valence electrons. The van der Waals surface area contributed by atoms with Gasteiger partial charge in [-0.1, -0.05) is 42.5 Å². The fourth-order valence-electron chi connectivity index (χ4n) is 2.54. The van der Waals surface area contributed by atoms with E-state index in [1.54, 1.807) is 4.90 Å². The quantitative estimate of drug-likeness (QED) is 0.687. The summed E-state index contributed by atoms with van der Waals surface area (Å²) < 4.78 is 1.53. The average Bonchev–Trinajstić information content (AvgIpc) is 3.19. The fraction of sp³-hybridized carbons (Fsp3) is 0.211. The monoisotopic (exact) mass is 364 g/mol. The van der Waals surface area contributed by atoms with Crippen LogP contribution in [0.5, 0.6) is 0 Å². The van der Waals surface area contributed by atoms with E-state index in [2.05, 4.69) is 20.1 Å². The molecule has 0 aliphatic rings. The fourth-order valence-corrected chi connectivity index (χ4v) is 2.54. The van der Waals surface area contributed by atoms with Crippen LogP contribution in [0.25, 0.3) is 6.08 Å². The standard InChI is InChI=1S/C19H20N6O2/c1-2-24(10-6-9-15-7-4-3-5-8-15)19(27)16-11-21-17(23-18(16)26)12-25-14-20-13-22-25/h3-9,11,13-14H,2,10,12H2,1H3,(H,21,23,26). The molecule has 0 spiro atoms. The third-order valence-corrected chi connectivity index (χ3v) is 3.97. The largest absolute Gasteiger partial charge is 0.335 e. The van der Waals surface area contributed by atoms with Crippen LogP contribution in [-0.4, -0.2) is 48.6 Å². The molecule has 3 aromatic rings. The first-order valence-electron chi connectivity index (χ1n) is 8.59. The van der Waals surface area contributed by atoms with E-state index in [4.69, 9.17) is 0 Å². The predicted octanol–water partition coefficient (Wildman–Crippen LogP) is 1.59. The van der Waals surface area contributed by atoms with E-state index < -0.39 is 5.56 Å². The number of rotatable bonds is 7. The number of amides is 1. The van der Waals surface area contributed by atoms with E-state index in [9.17, 15) is 9.59 Å². The van der Waals surface area contributed by atoms with Gasteiger partial charge >= 0.3 is 0 Å². The number of nitrogens with zero attached hydrogens (tertiary/aromatic N) is 5. The Morgan fingerprint density at radius 3 is 2.78 bits per heavy atom. The Morgan fingerprint density at radius 2 is 2.11 bits per heavy atom. The van der Waals surface area contributed by atoms with Gasteiger partial charge < -0.3 is 9.88 Å². The number of nitrogens with one attached hydrogen (secondary N) is 1. The minimum atomic E-state index is -0.462. The minimum absolute atomic E-state index is 0.0206. The number of carbonyl (C=O) groups excluding carboxylic acids is 1. The first-order valence-corrected chi connectivity index (χ1v) is 8.59. The van der Waals surface area contributed by atoms with Crippen molar-refractivity contribution in [2.45, 2.75) is 13.5 Å². The first-order chi connectivity index (χ1) is 13.2. The Balaban J connectivity index is 1.69. The van der Waals surface area contributed by atoms with E-state index in [0.717, 1.165) is 5.56 Å². The SMILES string of the molecule is CCN(CC=Cc1ccccc1)C(=O)c1cnc(Cn2cncn2)[nH]c1=O. The summed E-state index contributed by atoms with van der Waals surface area (Å²) in [5.41, 5.74) is 0.612. The highest BCUT2D eigenvalue weighted by molar-refractivity contribution is 5.93.